The van der Waals surface area contributed by atoms with Gasteiger partial charge in [-0.1, -0.05) is 25.4 Å². The number of nitrogens with two attached hydrogens (primary N) is 1. The summed E-state index contributed by atoms with van der Waals surface area (Å²) in [6, 6.07) is 3.98. The third kappa shape index (κ3) is 2.75. The van der Waals surface area contributed by atoms with Crippen molar-refractivity contribution < 1.29 is 4.74 Å². The molecule has 2 rings (SSSR count). The first kappa shape index (κ1) is 12.7. The maximum absolute atomic E-state index is 6.18. The Kier molecular flexibility index (Phi) is 3.37. The summed E-state index contributed by atoms with van der Waals surface area (Å²) in [7, 11) is 1.72. The lowest BCUT2D eigenvalue weighted by Gasteiger charge is -2.18. The summed E-state index contributed by atoms with van der Waals surface area (Å²) in [6.45, 7) is 4.29. The van der Waals surface area contributed by atoms with E-state index >= 15 is 0 Å². The molecule has 0 bridgehead atoms. The molecule has 1 fully saturated rings. The molecule has 3 heteroatoms. The molecule has 94 valence electrons. The topological polar surface area (TPSA) is 35.2 Å². The van der Waals surface area contributed by atoms with Crippen LogP contribution in [0.15, 0.2) is 12.1 Å². The molecule has 1 aliphatic rings. The molecule has 1 aromatic carbocycles. The molecule has 2 N–H and O–H groups in total. The van der Waals surface area contributed by atoms with Crippen LogP contribution in [-0.4, -0.2) is 12.6 Å². The van der Waals surface area contributed by atoms with E-state index in [4.69, 9.17) is 22.1 Å². The van der Waals surface area contributed by atoms with Crippen molar-refractivity contribution in [2.75, 3.05) is 7.11 Å². The van der Waals surface area contributed by atoms with Crippen molar-refractivity contribution in [2.45, 2.75) is 44.6 Å². The molecule has 1 aromatic rings. The summed E-state index contributed by atoms with van der Waals surface area (Å²) in [6.07, 6.45) is 3.05. The summed E-state index contributed by atoms with van der Waals surface area (Å²) in [5, 5.41) is 0.772. The minimum Gasteiger partial charge on any atom is -0.496 e. The minimum atomic E-state index is -0.0216. The fourth-order valence-electron chi connectivity index (χ4n) is 2.20. The van der Waals surface area contributed by atoms with Gasteiger partial charge in [-0.3, -0.25) is 0 Å². The average molecular weight is 254 g/mol. The normalized spacial score (nSPS) is 17.3. The second-order valence-corrected chi connectivity index (χ2v) is 5.82. The molecular weight excluding hydrogens is 234 g/mol. The first-order chi connectivity index (χ1) is 7.95. The van der Waals surface area contributed by atoms with E-state index in [1.54, 1.807) is 7.11 Å². The van der Waals surface area contributed by atoms with Crippen LogP contribution in [0.1, 0.15) is 43.7 Å². The number of hydrogen-bond donors (Lipinski definition) is 1. The van der Waals surface area contributed by atoms with Crippen molar-refractivity contribution in [1.82, 2.24) is 0 Å². The van der Waals surface area contributed by atoms with Gasteiger partial charge in [0.15, 0.2) is 0 Å². The van der Waals surface area contributed by atoms with Crippen LogP contribution >= 0.6 is 11.6 Å². The van der Waals surface area contributed by atoms with Gasteiger partial charge in [0.1, 0.15) is 5.75 Å². The Morgan fingerprint density at radius 3 is 2.53 bits per heavy atom. The van der Waals surface area contributed by atoms with Crippen LogP contribution < -0.4 is 10.5 Å². The standard InChI is InChI=1S/C14H20ClNO/c1-9(2)12-7-11(15)6-10(13(12)17-3)8-14(16)4-5-14/h6-7,9H,4-5,8,16H2,1-3H3. The monoisotopic (exact) mass is 253 g/mol. The molecule has 0 aromatic heterocycles. The largest absolute Gasteiger partial charge is 0.496 e. The fourth-order valence-corrected chi connectivity index (χ4v) is 2.45. The summed E-state index contributed by atoms with van der Waals surface area (Å²) < 4.78 is 5.55. The molecule has 0 amide bonds. The molecule has 2 nitrogen and oxygen atoms in total. The van der Waals surface area contributed by atoms with Gasteiger partial charge in [0.05, 0.1) is 7.11 Å². The van der Waals surface area contributed by atoms with E-state index in [1.165, 1.54) is 5.56 Å². The van der Waals surface area contributed by atoms with Gasteiger partial charge in [-0.05, 0) is 48.4 Å². The second-order valence-electron chi connectivity index (χ2n) is 5.38. The smallest absolute Gasteiger partial charge is 0.125 e. The Bertz CT molecular complexity index is 424. The van der Waals surface area contributed by atoms with Crippen molar-refractivity contribution in [1.29, 1.82) is 0 Å². The third-order valence-corrected chi connectivity index (χ3v) is 3.64. The van der Waals surface area contributed by atoms with Gasteiger partial charge in [0.25, 0.3) is 0 Å². The lowest BCUT2D eigenvalue weighted by molar-refractivity contribution is 0.400. The fraction of sp³-hybridized carbons (Fsp3) is 0.571. The molecule has 0 heterocycles. The van der Waals surface area contributed by atoms with Crippen LogP contribution in [0.2, 0.25) is 5.02 Å². The second kappa shape index (κ2) is 4.51. The lowest BCUT2D eigenvalue weighted by atomic mass is 9.95. The molecule has 0 atom stereocenters. The van der Waals surface area contributed by atoms with E-state index in [0.29, 0.717) is 5.92 Å². The molecule has 1 aliphatic carbocycles. The highest BCUT2D eigenvalue weighted by molar-refractivity contribution is 6.30. The predicted molar refractivity (Wildman–Crippen MR) is 71.9 cm³/mol. The summed E-state index contributed by atoms with van der Waals surface area (Å²) in [5.74, 6) is 1.36. The Hall–Kier alpha value is -0.730. The zero-order chi connectivity index (χ0) is 12.6. The van der Waals surface area contributed by atoms with E-state index in [1.807, 2.05) is 12.1 Å². The first-order valence-electron chi connectivity index (χ1n) is 6.10. The quantitative estimate of drug-likeness (QED) is 0.891. The minimum absolute atomic E-state index is 0.0216. The highest BCUT2D eigenvalue weighted by Gasteiger charge is 2.39. The zero-order valence-corrected chi connectivity index (χ0v) is 11.5. The molecule has 1 saturated carbocycles. The molecule has 17 heavy (non-hydrogen) atoms. The number of ether oxygens (including phenoxy) is 1. The van der Waals surface area contributed by atoms with Gasteiger partial charge in [0, 0.05) is 10.6 Å². The zero-order valence-electron chi connectivity index (χ0n) is 10.7. The number of benzene rings is 1. The molecule has 0 aliphatic heterocycles. The van der Waals surface area contributed by atoms with Crippen molar-refractivity contribution >= 4 is 11.6 Å². The van der Waals surface area contributed by atoms with Crippen molar-refractivity contribution in [3.8, 4) is 5.75 Å². The maximum Gasteiger partial charge on any atom is 0.125 e. The van der Waals surface area contributed by atoms with E-state index in [9.17, 15) is 0 Å². The van der Waals surface area contributed by atoms with Gasteiger partial charge in [0.2, 0.25) is 0 Å². The van der Waals surface area contributed by atoms with Gasteiger partial charge in [-0.15, -0.1) is 0 Å². The third-order valence-electron chi connectivity index (χ3n) is 3.42. The SMILES string of the molecule is COc1c(CC2(N)CC2)cc(Cl)cc1C(C)C. The van der Waals surface area contributed by atoms with E-state index in [2.05, 4.69) is 13.8 Å². The summed E-state index contributed by atoms with van der Waals surface area (Å²) in [4.78, 5) is 0. The molecule has 0 saturated heterocycles. The van der Waals surface area contributed by atoms with Crippen LogP contribution in [0.3, 0.4) is 0 Å². The summed E-state index contributed by atoms with van der Waals surface area (Å²) in [5.41, 5.74) is 8.47. The van der Waals surface area contributed by atoms with Gasteiger partial charge in [-0.25, -0.2) is 0 Å². The number of rotatable bonds is 4. The molecule has 0 spiro atoms. The Morgan fingerprint density at radius 2 is 2.06 bits per heavy atom. The number of methoxy groups -OCH3 is 1. The molecule has 0 unspecified atom stereocenters. The van der Waals surface area contributed by atoms with Gasteiger partial charge >= 0.3 is 0 Å². The average Bonchev–Trinajstić information content (AvgIpc) is 2.95. The van der Waals surface area contributed by atoms with Gasteiger partial charge < -0.3 is 10.5 Å². The van der Waals surface area contributed by atoms with Crippen molar-refractivity contribution in [3.63, 3.8) is 0 Å². The molecular formula is C14H20ClNO. The van der Waals surface area contributed by atoms with Crippen LogP contribution in [0.25, 0.3) is 0 Å². The Morgan fingerprint density at radius 1 is 1.41 bits per heavy atom. The Balaban J connectivity index is 2.41. The van der Waals surface area contributed by atoms with Gasteiger partial charge in [-0.2, -0.15) is 0 Å². The van der Waals surface area contributed by atoms with Crippen LogP contribution in [0.4, 0.5) is 0 Å². The predicted octanol–water partition coefficient (Wildman–Crippen LogP) is 3.51. The number of halogens is 1. The van der Waals surface area contributed by atoms with E-state index in [-0.39, 0.29) is 5.54 Å². The van der Waals surface area contributed by atoms with Crippen LogP contribution in [-0.2, 0) is 6.42 Å². The number of hydrogen-bond acceptors (Lipinski definition) is 2. The lowest BCUT2D eigenvalue weighted by Crippen LogP contribution is -2.25. The molecule has 0 radical (unpaired) electrons. The highest BCUT2D eigenvalue weighted by atomic mass is 35.5. The van der Waals surface area contributed by atoms with Crippen LogP contribution in [0.5, 0.6) is 5.75 Å². The maximum atomic E-state index is 6.18. The highest BCUT2D eigenvalue weighted by Crippen LogP contribution is 2.41. The Labute approximate surface area is 108 Å². The van der Waals surface area contributed by atoms with E-state index < -0.39 is 0 Å². The van der Waals surface area contributed by atoms with Crippen molar-refractivity contribution in [2.24, 2.45) is 5.73 Å². The van der Waals surface area contributed by atoms with Crippen LogP contribution in [0, 0.1) is 0 Å². The van der Waals surface area contributed by atoms with E-state index in [0.717, 1.165) is 35.6 Å². The van der Waals surface area contributed by atoms with Crippen molar-refractivity contribution in [3.05, 3.63) is 28.3 Å². The summed E-state index contributed by atoms with van der Waals surface area (Å²) >= 11 is 6.18. The first-order valence-corrected chi connectivity index (χ1v) is 6.48.